The molecule has 3 heterocycles. The van der Waals surface area contributed by atoms with Crippen molar-refractivity contribution >= 4 is 25.6 Å². The van der Waals surface area contributed by atoms with E-state index in [1.807, 2.05) is 11.3 Å². The first-order valence-corrected chi connectivity index (χ1v) is 12.8. The van der Waals surface area contributed by atoms with Crippen LogP contribution in [-0.2, 0) is 29.4 Å². The van der Waals surface area contributed by atoms with Gasteiger partial charge in [-0.25, -0.2) is 0 Å². The highest BCUT2D eigenvalue weighted by atomic mass is 32.1. The Morgan fingerprint density at radius 3 is 1.15 bits per heavy atom. The molecule has 4 nitrogen and oxygen atoms in total. The fourth-order valence-corrected chi connectivity index (χ4v) is 4.94. The van der Waals surface area contributed by atoms with Gasteiger partial charge in [-0.05, 0) is 67.5 Å². The molecule has 0 radical (unpaired) electrons. The van der Waals surface area contributed by atoms with Crippen molar-refractivity contribution in [2.45, 2.75) is 116 Å². The van der Waals surface area contributed by atoms with Crippen molar-refractivity contribution in [3.63, 3.8) is 0 Å². The Hall–Kier alpha value is -0.850. The van der Waals surface area contributed by atoms with E-state index in [2.05, 4.69) is 119 Å². The van der Waals surface area contributed by atoms with E-state index >= 15 is 0 Å². The number of hydrogen-bond donors (Lipinski definition) is 0. The third kappa shape index (κ3) is 5.38. The van der Waals surface area contributed by atoms with Crippen LogP contribution in [0.2, 0.25) is 0 Å². The highest BCUT2D eigenvalue weighted by molar-refractivity contribution is 7.12. The molecule has 7 heteroatoms. The molecule has 2 saturated heterocycles. The smallest absolute Gasteiger partial charge is 0.400 e. The molecule has 2 aliphatic heterocycles. The van der Waals surface area contributed by atoms with Crippen molar-refractivity contribution in [2.75, 3.05) is 0 Å². The van der Waals surface area contributed by atoms with Gasteiger partial charge < -0.3 is 18.6 Å². The molecule has 1 aromatic rings. The highest BCUT2D eigenvalue weighted by Crippen LogP contribution is 2.41. The summed E-state index contributed by atoms with van der Waals surface area (Å²) < 4.78 is 24.5. The second-order valence-corrected chi connectivity index (χ2v) is 13.7. The van der Waals surface area contributed by atoms with Crippen LogP contribution < -0.4 is 0 Å². The predicted octanol–water partition coefficient (Wildman–Crippen LogP) is 6.68. The summed E-state index contributed by atoms with van der Waals surface area (Å²) in [5.74, 6) is 4.11. The molecule has 0 unspecified atom stereocenters. The molecule has 1 aromatic heterocycles. The molecule has 0 N–H and O–H groups in total. The minimum Gasteiger partial charge on any atom is -0.400 e. The maximum Gasteiger partial charge on any atom is 0.486 e. The minimum absolute atomic E-state index is 0.127. The molecular weight excluding hydrogens is 430 g/mol. The molecule has 0 saturated carbocycles. The largest absolute Gasteiger partial charge is 0.486 e. The second kappa shape index (κ2) is 8.37. The van der Waals surface area contributed by atoms with Crippen molar-refractivity contribution in [1.82, 2.24) is 0 Å². The third-order valence-corrected chi connectivity index (χ3v) is 9.52. The van der Waals surface area contributed by atoms with Gasteiger partial charge in [-0.2, -0.15) is 0 Å². The van der Waals surface area contributed by atoms with E-state index in [1.165, 1.54) is 9.75 Å². The Labute approximate surface area is 206 Å². The van der Waals surface area contributed by atoms with Crippen molar-refractivity contribution in [2.24, 2.45) is 0 Å². The van der Waals surface area contributed by atoms with Crippen LogP contribution in [0.1, 0.15) is 92.8 Å². The van der Waals surface area contributed by atoms with Crippen LogP contribution in [0.25, 0.3) is 0 Å². The zero-order valence-corrected chi connectivity index (χ0v) is 23.5. The van der Waals surface area contributed by atoms with Crippen LogP contribution in [-0.4, -0.2) is 36.6 Å². The summed E-state index contributed by atoms with van der Waals surface area (Å²) in [6.45, 7) is 25.6. The lowest BCUT2D eigenvalue weighted by molar-refractivity contribution is 0.00578. The Bertz CT molecular complexity index is 820. The van der Waals surface area contributed by atoms with Crippen LogP contribution in [0.4, 0.5) is 0 Å². The predicted molar refractivity (Wildman–Crippen MR) is 141 cm³/mol. The van der Waals surface area contributed by atoms with Crippen LogP contribution in [0, 0.1) is 0 Å². The van der Waals surface area contributed by atoms with Crippen LogP contribution >= 0.6 is 11.3 Å². The summed E-state index contributed by atoms with van der Waals surface area (Å²) in [4.78, 5) is 2.62. The minimum atomic E-state index is -0.326. The van der Waals surface area contributed by atoms with Gasteiger partial charge in [0.2, 0.25) is 0 Å². The van der Waals surface area contributed by atoms with Gasteiger partial charge in [0.15, 0.2) is 0 Å². The molecule has 0 bridgehead atoms. The van der Waals surface area contributed by atoms with E-state index in [0.717, 1.165) is 0 Å². The lowest BCUT2D eigenvalue weighted by atomic mass is 9.82. The lowest BCUT2D eigenvalue weighted by Crippen LogP contribution is -2.41. The first kappa shape index (κ1) is 26.7. The van der Waals surface area contributed by atoms with Gasteiger partial charge in [0.25, 0.3) is 0 Å². The molecule has 3 rings (SSSR count). The van der Waals surface area contributed by atoms with Crippen molar-refractivity contribution in [3.8, 4) is 0 Å². The Morgan fingerprint density at radius 2 is 0.879 bits per heavy atom. The van der Waals surface area contributed by atoms with E-state index in [1.54, 1.807) is 0 Å². The van der Waals surface area contributed by atoms with Gasteiger partial charge in [0.05, 0.1) is 22.4 Å². The molecule has 2 aliphatic rings. The molecule has 0 aliphatic carbocycles. The number of hydrogen-bond acceptors (Lipinski definition) is 5. The zero-order valence-electron chi connectivity index (χ0n) is 22.7. The molecule has 0 aromatic carbocycles. The quantitative estimate of drug-likeness (QED) is 0.433. The fourth-order valence-electron chi connectivity index (χ4n) is 3.77. The molecular formula is C26H42B2O4S. The summed E-state index contributed by atoms with van der Waals surface area (Å²) in [7, 11) is -0.652. The number of allylic oxidation sites excluding steroid dienone is 2. The van der Waals surface area contributed by atoms with Gasteiger partial charge in [-0.1, -0.05) is 51.8 Å². The molecule has 0 spiro atoms. The van der Waals surface area contributed by atoms with Gasteiger partial charge in [-0.15, -0.1) is 11.3 Å². The normalized spacial score (nSPS) is 24.5. The summed E-state index contributed by atoms with van der Waals surface area (Å²) in [6.07, 6.45) is 4.41. The zero-order chi connectivity index (χ0) is 25.1. The Kier molecular flexibility index (Phi) is 6.79. The Morgan fingerprint density at radius 1 is 0.606 bits per heavy atom. The maximum absolute atomic E-state index is 6.13. The summed E-state index contributed by atoms with van der Waals surface area (Å²) >= 11 is 1.85. The second-order valence-electron chi connectivity index (χ2n) is 12.6. The molecule has 33 heavy (non-hydrogen) atoms. The molecule has 2 fully saturated rings. The summed E-state index contributed by atoms with van der Waals surface area (Å²) in [5, 5.41) is 0. The van der Waals surface area contributed by atoms with Gasteiger partial charge >= 0.3 is 14.2 Å². The maximum atomic E-state index is 6.13. The first-order valence-electron chi connectivity index (χ1n) is 12.0. The van der Waals surface area contributed by atoms with E-state index in [0.29, 0.717) is 0 Å². The average molecular weight is 472 g/mol. The number of rotatable bonds is 6. The molecule has 182 valence electrons. The van der Waals surface area contributed by atoms with E-state index in [4.69, 9.17) is 18.6 Å². The van der Waals surface area contributed by atoms with E-state index in [9.17, 15) is 0 Å². The van der Waals surface area contributed by atoms with Crippen LogP contribution in [0.15, 0.2) is 36.2 Å². The first-order chi connectivity index (χ1) is 14.8. The van der Waals surface area contributed by atoms with Gasteiger partial charge in [-0.3, -0.25) is 0 Å². The van der Waals surface area contributed by atoms with Gasteiger partial charge in [0.1, 0.15) is 0 Å². The topological polar surface area (TPSA) is 36.9 Å². The molecule has 0 atom stereocenters. The summed E-state index contributed by atoms with van der Waals surface area (Å²) in [6, 6.07) is 4.47. The Balaban J connectivity index is 1.70. The standard InChI is InChI=1S/C26H42B2O4S/c1-21(2,15-17-27-29-23(5,6)24(7,8)30-27)19-13-14-20(33-19)22(3,4)16-18-28-31-25(9,10)26(11,12)32-28/h13-18H,1-12H3. The summed E-state index contributed by atoms with van der Waals surface area (Å²) in [5.41, 5.74) is -1.55. The lowest BCUT2D eigenvalue weighted by Gasteiger charge is -2.32. The van der Waals surface area contributed by atoms with Crippen LogP contribution in [0.5, 0.6) is 0 Å². The van der Waals surface area contributed by atoms with E-state index in [-0.39, 0.29) is 47.5 Å². The number of thiophene rings is 1. The van der Waals surface area contributed by atoms with Crippen LogP contribution in [0.3, 0.4) is 0 Å². The highest BCUT2D eigenvalue weighted by Gasteiger charge is 2.51. The van der Waals surface area contributed by atoms with Crippen molar-refractivity contribution in [3.05, 3.63) is 46.0 Å². The fraction of sp³-hybridized carbons (Fsp3) is 0.692. The van der Waals surface area contributed by atoms with Crippen molar-refractivity contribution < 1.29 is 18.6 Å². The van der Waals surface area contributed by atoms with Gasteiger partial charge in [0, 0.05) is 20.6 Å². The SMILES string of the molecule is CC(C)(C=CB1OC(C)(C)C(C)(C)O1)c1ccc(C(C)(C)C=CB2OC(C)(C)C(C)(C)O2)s1. The third-order valence-electron chi connectivity index (χ3n) is 7.76. The average Bonchev–Trinajstić information content (AvgIpc) is 3.27. The molecule has 0 amide bonds. The van der Waals surface area contributed by atoms with E-state index < -0.39 is 0 Å². The van der Waals surface area contributed by atoms with Crippen molar-refractivity contribution in [1.29, 1.82) is 0 Å². The monoisotopic (exact) mass is 472 g/mol.